The minimum absolute atomic E-state index is 0.192. The number of rotatable bonds is 6. The average molecular weight is 381 g/mol. The van der Waals surface area contributed by atoms with Gasteiger partial charge < -0.3 is 9.84 Å². The number of carbonyl (C=O) groups excluding carboxylic acids is 3. The van der Waals surface area contributed by atoms with E-state index in [-0.39, 0.29) is 18.9 Å². The molecule has 1 aliphatic heterocycles. The summed E-state index contributed by atoms with van der Waals surface area (Å²) in [7, 11) is 0. The number of Topliss-reactive ketones (excluding diaryl/α,β-unsaturated/α-hetero) is 1. The molecule has 2 aromatic rings. The smallest absolute Gasteiger partial charge is 0.326 e. The summed E-state index contributed by atoms with van der Waals surface area (Å²) in [6.07, 6.45) is -0.396. The zero-order valence-electron chi connectivity index (χ0n) is 16.2. The van der Waals surface area contributed by atoms with Crippen LogP contribution in [0.25, 0.3) is 0 Å². The van der Waals surface area contributed by atoms with E-state index in [1.54, 1.807) is 37.3 Å². The molecular weight excluding hydrogens is 358 g/mol. The van der Waals surface area contributed by atoms with E-state index in [1.807, 2.05) is 26.0 Å². The summed E-state index contributed by atoms with van der Waals surface area (Å²) in [5, 5.41) is 11.3. The number of aliphatic hydroxyl groups is 1. The molecule has 3 rings (SSSR count). The van der Waals surface area contributed by atoms with Gasteiger partial charge in [-0.1, -0.05) is 35.9 Å². The van der Waals surface area contributed by atoms with Crippen LogP contribution in [0, 0.1) is 13.8 Å². The number of esters is 1. The first-order chi connectivity index (χ1) is 13.3. The van der Waals surface area contributed by atoms with Crippen molar-refractivity contribution in [2.24, 2.45) is 0 Å². The van der Waals surface area contributed by atoms with E-state index >= 15 is 0 Å². The summed E-state index contributed by atoms with van der Waals surface area (Å²) in [6, 6.07) is 12.1. The number of amides is 1. The number of ketones is 1. The van der Waals surface area contributed by atoms with Gasteiger partial charge in [0, 0.05) is 11.1 Å². The summed E-state index contributed by atoms with van der Waals surface area (Å²) < 4.78 is 4.93. The van der Waals surface area contributed by atoms with Crippen LogP contribution in [0.15, 0.2) is 42.5 Å². The molecule has 1 atom stereocenters. The molecule has 146 valence electrons. The lowest BCUT2D eigenvalue weighted by Crippen LogP contribution is -2.44. The summed E-state index contributed by atoms with van der Waals surface area (Å²) in [5.41, 5.74) is 0.891. The predicted molar refractivity (Wildman–Crippen MR) is 104 cm³/mol. The fourth-order valence-corrected chi connectivity index (χ4v) is 3.53. The number of ether oxygens (including phenoxy) is 1. The maximum Gasteiger partial charge on any atom is 0.326 e. The fourth-order valence-electron chi connectivity index (χ4n) is 3.53. The van der Waals surface area contributed by atoms with E-state index in [0.29, 0.717) is 16.8 Å². The third-order valence-electron chi connectivity index (χ3n) is 4.94. The van der Waals surface area contributed by atoms with Crippen LogP contribution in [-0.2, 0) is 19.9 Å². The van der Waals surface area contributed by atoms with Gasteiger partial charge in [-0.15, -0.1) is 0 Å². The van der Waals surface area contributed by atoms with Crippen LogP contribution in [0.5, 0.6) is 0 Å². The quantitative estimate of drug-likeness (QED) is 0.614. The molecule has 1 amide bonds. The van der Waals surface area contributed by atoms with Gasteiger partial charge in [0.15, 0.2) is 11.4 Å². The molecule has 0 saturated heterocycles. The molecule has 0 spiro atoms. The van der Waals surface area contributed by atoms with E-state index in [1.165, 1.54) is 4.90 Å². The van der Waals surface area contributed by atoms with Crippen LogP contribution < -0.4 is 4.90 Å². The Morgan fingerprint density at radius 1 is 1.14 bits per heavy atom. The second-order valence-electron chi connectivity index (χ2n) is 6.99. The SMILES string of the molecule is CCOC(=O)CN1C(=O)[C@](O)(CC(=O)c2cc(C)ccc2C)c2ccccc21. The lowest BCUT2D eigenvalue weighted by atomic mass is 9.87. The van der Waals surface area contributed by atoms with E-state index in [0.717, 1.165) is 11.1 Å². The Kier molecular flexibility index (Phi) is 5.34. The predicted octanol–water partition coefficient (Wildman–Crippen LogP) is 2.67. The number of nitrogens with zero attached hydrogens (tertiary/aromatic N) is 1. The Bertz CT molecular complexity index is 952. The Hall–Kier alpha value is -2.99. The first-order valence-corrected chi connectivity index (χ1v) is 9.18. The first kappa shape index (κ1) is 19.8. The summed E-state index contributed by atoms with van der Waals surface area (Å²) in [4.78, 5) is 39.1. The molecule has 1 heterocycles. The molecule has 0 saturated carbocycles. The van der Waals surface area contributed by atoms with Gasteiger partial charge in [-0.3, -0.25) is 19.3 Å². The van der Waals surface area contributed by atoms with Gasteiger partial charge in [0.25, 0.3) is 5.91 Å². The summed E-state index contributed by atoms with van der Waals surface area (Å²) in [5.74, 6) is -1.60. The van der Waals surface area contributed by atoms with Crippen molar-refractivity contribution in [1.29, 1.82) is 0 Å². The largest absolute Gasteiger partial charge is 0.465 e. The monoisotopic (exact) mass is 381 g/mol. The molecule has 1 aliphatic rings. The maximum absolute atomic E-state index is 13.1. The van der Waals surface area contributed by atoms with E-state index in [9.17, 15) is 19.5 Å². The van der Waals surface area contributed by atoms with E-state index in [2.05, 4.69) is 0 Å². The number of anilines is 1. The van der Waals surface area contributed by atoms with Crippen LogP contribution in [0.1, 0.15) is 40.4 Å². The Balaban J connectivity index is 1.96. The van der Waals surface area contributed by atoms with Crippen molar-refractivity contribution in [3.05, 3.63) is 64.7 Å². The highest BCUT2D eigenvalue weighted by atomic mass is 16.5. The van der Waals surface area contributed by atoms with Crippen LogP contribution in [-0.4, -0.2) is 35.9 Å². The summed E-state index contributed by atoms with van der Waals surface area (Å²) >= 11 is 0. The lowest BCUT2D eigenvalue weighted by Gasteiger charge is -2.22. The Morgan fingerprint density at radius 2 is 1.86 bits per heavy atom. The number of fused-ring (bicyclic) bond motifs is 1. The number of aryl methyl sites for hydroxylation is 2. The fraction of sp³-hybridized carbons (Fsp3) is 0.318. The molecule has 2 aromatic carbocycles. The van der Waals surface area contributed by atoms with Crippen molar-refractivity contribution >= 4 is 23.3 Å². The van der Waals surface area contributed by atoms with Crippen molar-refractivity contribution in [3.8, 4) is 0 Å². The molecular formula is C22H23NO5. The van der Waals surface area contributed by atoms with Gasteiger partial charge in [0.2, 0.25) is 0 Å². The lowest BCUT2D eigenvalue weighted by molar-refractivity contribution is -0.144. The van der Waals surface area contributed by atoms with Gasteiger partial charge in [0.1, 0.15) is 6.54 Å². The summed E-state index contributed by atoms with van der Waals surface area (Å²) in [6.45, 7) is 5.24. The topological polar surface area (TPSA) is 83.9 Å². The van der Waals surface area contributed by atoms with Gasteiger partial charge in [-0.2, -0.15) is 0 Å². The van der Waals surface area contributed by atoms with Crippen molar-refractivity contribution in [2.45, 2.75) is 32.8 Å². The van der Waals surface area contributed by atoms with Crippen LogP contribution in [0.4, 0.5) is 5.69 Å². The van der Waals surface area contributed by atoms with Crippen LogP contribution in [0.3, 0.4) is 0 Å². The van der Waals surface area contributed by atoms with Crippen LogP contribution in [0.2, 0.25) is 0 Å². The molecule has 0 aliphatic carbocycles. The normalized spacial score (nSPS) is 18.1. The third kappa shape index (κ3) is 3.43. The second-order valence-corrected chi connectivity index (χ2v) is 6.99. The zero-order valence-corrected chi connectivity index (χ0v) is 16.2. The standard InChI is InChI=1S/C22H23NO5/c1-4-28-20(25)13-23-18-8-6-5-7-17(18)22(27,21(23)26)12-19(24)16-11-14(2)9-10-15(16)3/h5-11,27H,4,12-13H2,1-3H3/t22-/m0/s1. The third-order valence-corrected chi connectivity index (χ3v) is 4.94. The molecule has 1 N–H and O–H groups in total. The Labute approximate surface area is 163 Å². The molecule has 0 radical (unpaired) electrons. The first-order valence-electron chi connectivity index (χ1n) is 9.18. The number of hydrogen-bond acceptors (Lipinski definition) is 5. The Morgan fingerprint density at radius 3 is 2.57 bits per heavy atom. The number of carbonyl (C=O) groups is 3. The highest BCUT2D eigenvalue weighted by Gasteiger charge is 2.51. The number of benzene rings is 2. The molecule has 28 heavy (non-hydrogen) atoms. The number of para-hydroxylation sites is 1. The van der Waals surface area contributed by atoms with Crippen molar-refractivity contribution in [3.63, 3.8) is 0 Å². The van der Waals surface area contributed by atoms with E-state index in [4.69, 9.17) is 4.74 Å². The molecule has 0 aromatic heterocycles. The average Bonchev–Trinajstić information content (AvgIpc) is 2.86. The maximum atomic E-state index is 13.1. The second kappa shape index (κ2) is 7.56. The van der Waals surface area contributed by atoms with Crippen molar-refractivity contribution in [2.75, 3.05) is 18.1 Å². The van der Waals surface area contributed by atoms with Crippen molar-refractivity contribution < 1.29 is 24.2 Å². The van der Waals surface area contributed by atoms with Gasteiger partial charge in [-0.05, 0) is 38.5 Å². The van der Waals surface area contributed by atoms with E-state index < -0.39 is 23.9 Å². The van der Waals surface area contributed by atoms with Gasteiger partial charge in [0.05, 0.1) is 18.7 Å². The molecule has 6 heteroatoms. The van der Waals surface area contributed by atoms with Crippen molar-refractivity contribution in [1.82, 2.24) is 0 Å². The minimum atomic E-state index is -2.02. The van der Waals surface area contributed by atoms with Crippen LogP contribution >= 0.6 is 0 Å². The highest BCUT2D eigenvalue weighted by molar-refractivity contribution is 6.12. The molecule has 0 bridgehead atoms. The molecule has 0 fully saturated rings. The zero-order chi connectivity index (χ0) is 20.5. The number of hydrogen-bond donors (Lipinski definition) is 1. The minimum Gasteiger partial charge on any atom is -0.465 e. The highest BCUT2D eigenvalue weighted by Crippen LogP contribution is 2.42. The molecule has 0 unspecified atom stereocenters. The molecule has 6 nitrogen and oxygen atoms in total. The van der Waals surface area contributed by atoms with Gasteiger partial charge >= 0.3 is 5.97 Å². The van der Waals surface area contributed by atoms with Gasteiger partial charge in [-0.25, -0.2) is 0 Å².